The summed E-state index contributed by atoms with van der Waals surface area (Å²) in [5, 5.41) is 10.3. The number of nitrogens with one attached hydrogen (secondary N) is 3. The number of halogens is 2. The first-order valence-electron chi connectivity index (χ1n) is 10.8. The zero-order valence-electron chi connectivity index (χ0n) is 18.4. The smallest absolute Gasteiger partial charge is 0.240 e. The summed E-state index contributed by atoms with van der Waals surface area (Å²) in [5.74, 6) is -0.271. The summed E-state index contributed by atoms with van der Waals surface area (Å²) in [6.45, 7) is 3.92. The maximum absolute atomic E-state index is 13.7. The lowest BCUT2D eigenvalue weighted by molar-refractivity contribution is -0.120. The average molecular weight is 482 g/mol. The maximum atomic E-state index is 13.7. The van der Waals surface area contributed by atoms with Crippen LogP contribution in [0, 0.1) is 0 Å². The molecule has 1 heterocycles. The Morgan fingerprint density at radius 3 is 2.48 bits per heavy atom. The predicted molar refractivity (Wildman–Crippen MR) is 134 cm³/mol. The van der Waals surface area contributed by atoms with Crippen LogP contribution >= 0.6 is 23.2 Å². The number of rotatable bonds is 7. The third kappa shape index (κ3) is 4.70. The second kappa shape index (κ2) is 9.46. The highest BCUT2D eigenvalue weighted by Crippen LogP contribution is 2.48. The molecule has 0 saturated carbocycles. The van der Waals surface area contributed by atoms with Crippen LogP contribution in [0.3, 0.4) is 0 Å². The zero-order chi connectivity index (χ0) is 23.6. The van der Waals surface area contributed by atoms with Crippen molar-refractivity contribution in [2.75, 3.05) is 17.2 Å². The Morgan fingerprint density at radius 2 is 1.73 bits per heavy atom. The molecule has 7 heteroatoms. The molecule has 0 bridgehead atoms. The number of anilines is 2. The van der Waals surface area contributed by atoms with Gasteiger partial charge in [-0.15, -0.1) is 0 Å². The molecule has 3 aromatic rings. The highest BCUT2D eigenvalue weighted by atomic mass is 35.5. The van der Waals surface area contributed by atoms with Gasteiger partial charge in [0.15, 0.2) is 0 Å². The van der Waals surface area contributed by atoms with Crippen LogP contribution in [0.2, 0.25) is 10.0 Å². The maximum Gasteiger partial charge on any atom is 0.240 e. The molecule has 0 fully saturated rings. The molecule has 3 aromatic carbocycles. The highest BCUT2D eigenvalue weighted by molar-refractivity contribution is 6.31. The molecule has 2 amide bonds. The van der Waals surface area contributed by atoms with E-state index in [-0.39, 0.29) is 24.4 Å². The third-order valence-electron chi connectivity index (χ3n) is 5.71. The summed E-state index contributed by atoms with van der Waals surface area (Å²) in [6.07, 6.45) is 0.394. The van der Waals surface area contributed by atoms with Crippen molar-refractivity contribution in [3.05, 3.63) is 93.5 Å². The van der Waals surface area contributed by atoms with E-state index in [1.165, 1.54) is 0 Å². The molecule has 3 N–H and O–H groups in total. The number of amides is 2. The SMILES string of the molecule is CC(C)NC(=O)CNc1ccccc1C1(Cc2cccc(Cl)c2)C(=O)Nc2cc(Cl)ccc21. The van der Waals surface area contributed by atoms with Gasteiger partial charge >= 0.3 is 0 Å². The van der Waals surface area contributed by atoms with E-state index in [1.807, 2.05) is 68.4 Å². The van der Waals surface area contributed by atoms with E-state index in [4.69, 9.17) is 23.2 Å². The molecular formula is C26H25Cl2N3O2. The largest absolute Gasteiger partial charge is 0.376 e. The lowest BCUT2D eigenvalue weighted by Crippen LogP contribution is -2.39. The fraction of sp³-hybridized carbons (Fsp3) is 0.231. The van der Waals surface area contributed by atoms with Crippen LogP contribution in [0.4, 0.5) is 11.4 Å². The Kier molecular flexibility index (Phi) is 6.63. The molecule has 33 heavy (non-hydrogen) atoms. The van der Waals surface area contributed by atoms with Crippen molar-refractivity contribution >= 4 is 46.4 Å². The van der Waals surface area contributed by atoms with Crippen molar-refractivity contribution in [3.8, 4) is 0 Å². The second-order valence-electron chi connectivity index (χ2n) is 8.48. The normalized spacial score (nSPS) is 16.9. The number of para-hydroxylation sites is 1. The highest BCUT2D eigenvalue weighted by Gasteiger charge is 2.49. The molecule has 4 rings (SSSR count). The fourth-order valence-corrected chi connectivity index (χ4v) is 4.78. The van der Waals surface area contributed by atoms with Gasteiger partial charge in [-0.05, 0) is 67.3 Å². The number of fused-ring (bicyclic) bond motifs is 1. The zero-order valence-corrected chi connectivity index (χ0v) is 19.9. The van der Waals surface area contributed by atoms with Gasteiger partial charge in [0.2, 0.25) is 11.8 Å². The van der Waals surface area contributed by atoms with Crippen molar-refractivity contribution in [1.82, 2.24) is 5.32 Å². The van der Waals surface area contributed by atoms with Crippen LogP contribution in [-0.2, 0) is 21.4 Å². The minimum Gasteiger partial charge on any atom is -0.376 e. The van der Waals surface area contributed by atoms with Crippen molar-refractivity contribution in [3.63, 3.8) is 0 Å². The third-order valence-corrected chi connectivity index (χ3v) is 6.18. The van der Waals surface area contributed by atoms with Gasteiger partial charge in [0.05, 0.1) is 6.54 Å². The van der Waals surface area contributed by atoms with Crippen LogP contribution in [0.1, 0.15) is 30.5 Å². The molecule has 170 valence electrons. The quantitative estimate of drug-likeness (QED) is 0.422. The van der Waals surface area contributed by atoms with Gasteiger partial charge in [-0.25, -0.2) is 0 Å². The lowest BCUT2D eigenvalue weighted by Gasteiger charge is -2.31. The molecule has 1 atom stereocenters. The Morgan fingerprint density at radius 1 is 0.970 bits per heavy atom. The molecule has 1 aliphatic rings. The van der Waals surface area contributed by atoms with Gasteiger partial charge < -0.3 is 16.0 Å². The molecule has 1 aliphatic heterocycles. The summed E-state index contributed by atoms with van der Waals surface area (Å²) in [6, 6.07) is 20.6. The van der Waals surface area contributed by atoms with Crippen molar-refractivity contribution < 1.29 is 9.59 Å². The molecule has 0 aromatic heterocycles. The molecule has 5 nitrogen and oxygen atoms in total. The summed E-state index contributed by atoms with van der Waals surface area (Å²) in [7, 11) is 0. The lowest BCUT2D eigenvalue weighted by atomic mass is 9.70. The van der Waals surface area contributed by atoms with Crippen LogP contribution in [0.5, 0.6) is 0 Å². The fourth-order valence-electron chi connectivity index (χ4n) is 4.39. The van der Waals surface area contributed by atoms with Gasteiger partial charge in [-0.3, -0.25) is 9.59 Å². The van der Waals surface area contributed by atoms with E-state index in [2.05, 4.69) is 16.0 Å². The van der Waals surface area contributed by atoms with Crippen molar-refractivity contribution in [2.45, 2.75) is 31.7 Å². The van der Waals surface area contributed by atoms with Crippen LogP contribution < -0.4 is 16.0 Å². The summed E-state index contributed by atoms with van der Waals surface area (Å²) < 4.78 is 0. The second-order valence-corrected chi connectivity index (χ2v) is 9.35. The van der Waals surface area contributed by atoms with Gasteiger partial charge in [-0.2, -0.15) is 0 Å². The standard InChI is InChI=1S/C26H25Cl2N3O2/c1-16(2)30-24(32)15-29-22-9-4-3-8-20(22)26(14-17-6-5-7-18(27)12-17)21-11-10-19(28)13-23(21)31-25(26)33/h3-13,16,29H,14-15H2,1-2H3,(H,30,32)(H,31,33). The Labute approximate surface area is 203 Å². The van der Waals surface area contributed by atoms with Crippen LogP contribution in [0.25, 0.3) is 0 Å². The van der Waals surface area contributed by atoms with Gasteiger partial charge in [-0.1, -0.05) is 59.6 Å². The van der Waals surface area contributed by atoms with Crippen molar-refractivity contribution in [1.29, 1.82) is 0 Å². The summed E-state index contributed by atoms with van der Waals surface area (Å²) >= 11 is 12.5. The number of carbonyl (C=O) groups excluding carboxylic acids is 2. The molecule has 0 aliphatic carbocycles. The number of benzene rings is 3. The monoisotopic (exact) mass is 481 g/mol. The summed E-state index contributed by atoms with van der Waals surface area (Å²) in [5.41, 5.74) is 2.91. The van der Waals surface area contributed by atoms with E-state index in [0.717, 1.165) is 22.4 Å². The first kappa shape index (κ1) is 23.1. The van der Waals surface area contributed by atoms with E-state index < -0.39 is 5.41 Å². The van der Waals surface area contributed by atoms with E-state index in [1.54, 1.807) is 12.1 Å². The van der Waals surface area contributed by atoms with E-state index in [9.17, 15) is 9.59 Å². The molecule has 0 spiro atoms. The Balaban J connectivity index is 1.83. The Bertz CT molecular complexity index is 1210. The van der Waals surface area contributed by atoms with E-state index >= 15 is 0 Å². The van der Waals surface area contributed by atoms with Gasteiger partial charge in [0.1, 0.15) is 5.41 Å². The van der Waals surface area contributed by atoms with Gasteiger partial charge in [0.25, 0.3) is 0 Å². The Hall–Kier alpha value is -3.02. The number of hydrogen-bond donors (Lipinski definition) is 3. The van der Waals surface area contributed by atoms with Gasteiger partial charge in [0, 0.05) is 27.5 Å². The minimum absolute atomic E-state index is 0.0425. The minimum atomic E-state index is -1.03. The molecule has 0 saturated heterocycles. The summed E-state index contributed by atoms with van der Waals surface area (Å²) in [4.78, 5) is 26.0. The molecule has 1 unspecified atom stereocenters. The number of hydrogen-bond acceptors (Lipinski definition) is 3. The first-order valence-corrected chi connectivity index (χ1v) is 11.5. The predicted octanol–water partition coefficient (Wildman–Crippen LogP) is 5.41. The van der Waals surface area contributed by atoms with Crippen LogP contribution in [-0.4, -0.2) is 24.4 Å². The van der Waals surface area contributed by atoms with Crippen LogP contribution in [0.15, 0.2) is 66.7 Å². The first-order chi connectivity index (χ1) is 15.8. The molecular weight excluding hydrogens is 457 g/mol. The molecule has 0 radical (unpaired) electrons. The van der Waals surface area contributed by atoms with Crippen molar-refractivity contribution in [2.24, 2.45) is 0 Å². The topological polar surface area (TPSA) is 70.2 Å². The average Bonchev–Trinajstić information content (AvgIpc) is 3.03. The van der Waals surface area contributed by atoms with E-state index in [0.29, 0.717) is 22.2 Å². The number of carbonyl (C=O) groups is 2.